The second-order valence-electron chi connectivity index (χ2n) is 7.28. The molecule has 0 saturated heterocycles. The van der Waals surface area contributed by atoms with Crippen LogP contribution >= 0.6 is 11.3 Å². The van der Waals surface area contributed by atoms with E-state index in [9.17, 15) is 9.59 Å². The Kier molecular flexibility index (Phi) is 4.24. The highest BCUT2D eigenvalue weighted by atomic mass is 32.1. The molecule has 1 N–H and O–H groups in total. The minimum Gasteiger partial charge on any atom is -0.321 e. The van der Waals surface area contributed by atoms with E-state index in [0.717, 1.165) is 29.8 Å². The zero-order valence-corrected chi connectivity index (χ0v) is 16.2. The molecule has 3 aromatic rings. The van der Waals surface area contributed by atoms with Crippen molar-refractivity contribution < 1.29 is 9.59 Å². The number of amides is 2. The molecule has 2 aliphatic rings. The number of anilines is 2. The maximum Gasteiger partial charge on any atom is 0.265 e. The third-order valence-corrected chi connectivity index (χ3v) is 6.71. The normalized spacial score (nSPS) is 14.6. The minimum atomic E-state index is -0.101. The van der Waals surface area contributed by atoms with Crippen molar-refractivity contribution in [1.82, 2.24) is 0 Å². The van der Waals surface area contributed by atoms with Crippen LogP contribution in [-0.2, 0) is 19.3 Å². The molecule has 1 aliphatic carbocycles. The van der Waals surface area contributed by atoms with E-state index in [4.69, 9.17) is 0 Å². The summed E-state index contributed by atoms with van der Waals surface area (Å²) in [6, 6.07) is 17.2. The first-order valence-corrected chi connectivity index (χ1v) is 10.4. The van der Waals surface area contributed by atoms with Gasteiger partial charge in [-0.1, -0.05) is 24.3 Å². The van der Waals surface area contributed by atoms with E-state index in [1.54, 1.807) is 23.5 Å². The van der Waals surface area contributed by atoms with E-state index in [2.05, 4.69) is 11.4 Å². The number of carbonyl (C=O) groups is 2. The number of hydrogen-bond donors (Lipinski definition) is 1. The van der Waals surface area contributed by atoms with Crippen LogP contribution in [0.4, 0.5) is 11.4 Å². The summed E-state index contributed by atoms with van der Waals surface area (Å²) in [6.45, 7) is 0.690. The van der Waals surface area contributed by atoms with Crippen molar-refractivity contribution >= 4 is 34.5 Å². The highest BCUT2D eigenvalue weighted by Crippen LogP contribution is 2.31. The highest BCUT2D eigenvalue weighted by Gasteiger charge is 2.25. The minimum absolute atomic E-state index is 0.0313. The Labute approximate surface area is 167 Å². The second-order valence-corrected chi connectivity index (χ2v) is 8.42. The molecule has 1 aliphatic heterocycles. The van der Waals surface area contributed by atoms with Gasteiger partial charge in [0.25, 0.3) is 11.8 Å². The SMILES string of the molecule is O=C(Nc1cccc(C(=O)N2CCc3ccccc32)c1)c1cc2c(s1)CCC2. The summed E-state index contributed by atoms with van der Waals surface area (Å²) in [6.07, 6.45) is 4.21. The van der Waals surface area contributed by atoms with E-state index in [-0.39, 0.29) is 11.8 Å². The fraction of sp³-hybridized carbons (Fsp3) is 0.217. The summed E-state index contributed by atoms with van der Waals surface area (Å²) < 4.78 is 0. The Bertz CT molecular complexity index is 1060. The van der Waals surface area contributed by atoms with Crippen LogP contribution in [0.3, 0.4) is 0 Å². The number of rotatable bonds is 3. The molecule has 0 bridgehead atoms. The van der Waals surface area contributed by atoms with Gasteiger partial charge in [-0.2, -0.15) is 0 Å². The molecule has 1 aromatic heterocycles. The van der Waals surface area contributed by atoms with Gasteiger partial charge in [0.2, 0.25) is 0 Å². The zero-order chi connectivity index (χ0) is 19.1. The van der Waals surface area contributed by atoms with Crippen molar-refractivity contribution in [3.8, 4) is 0 Å². The van der Waals surface area contributed by atoms with Crippen molar-refractivity contribution in [2.75, 3.05) is 16.8 Å². The Hall–Kier alpha value is -2.92. The lowest BCUT2D eigenvalue weighted by Gasteiger charge is -2.17. The van der Waals surface area contributed by atoms with E-state index in [1.807, 2.05) is 41.3 Å². The quantitative estimate of drug-likeness (QED) is 0.707. The standard InChI is InChI=1S/C23H20N2O2S/c26-22(21-14-16-6-4-10-20(16)28-21)24-18-8-3-7-17(13-18)23(27)25-12-11-15-5-1-2-9-19(15)25/h1-3,5,7-9,13-14H,4,6,10-12H2,(H,24,26). The molecule has 0 saturated carbocycles. The van der Waals surface area contributed by atoms with Crippen LogP contribution in [0.5, 0.6) is 0 Å². The van der Waals surface area contributed by atoms with Gasteiger partial charge in [-0.05, 0) is 67.1 Å². The van der Waals surface area contributed by atoms with Crippen molar-refractivity contribution in [2.24, 2.45) is 0 Å². The fourth-order valence-electron chi connectivity index (χ4n) is 4.07. The summed E-state index contributed by atoms with van der Waals surface area (Å²) in [4.78, 5) is 29.6. The molecule has 0 fully saturated rings. The molecule has 0 atom stereocenters. The molecule has 2 amide bonds. The monoisotopic (exact) mass is 388 g/mol. The van der Waals surface area contributed by atoms with Crippen molar-refractivity contribution in [2.45, 2.75) is 25.7 Å². The summed E-state index contributed by atoms with van der Waals surface area (Å²) in [5.74, 6) is -0.133. The number of hydrogen-bond acceptors (Lipinski definition) is 3. The molecule has 2 heterocycles. The Morgan fingerprint density at radius 2 is 1.82 bits per heavy atom. The molecular formula is C23H20N2O2S. The fourth-order valence-corrected chi connectivity index (χ4v) is 5.22. The van der Waals surface area contributed by atoms with Gasteiger partial charge in [-0.3, -0.25) is 9.59 Å². The lowest BCUT2D eigenvalue weighted by atomic mass is 10.1. The van der Waals surface area contributed by atoms with Crippen LogP contribution in [0.1, 0.15) is 42.5 Å². The van der Waals surface area contributed by atoms with Gasteiger partial charge in [-0.25, -0.2) is 0 Å². The van der Waals surface area contributed by atoms with Gasteiger partial charge in [0.1, 0.15) is 0 Å². The van der Waals surface area contributed by atoms with E-state index >= 15 is 0 Å². The number of carbonyl (C=O) groups excluding carboxylic acids is 2. The maximum absolute atomic E-state index is 13.0. The smallest absolute Gasteiger partial charge is 0.265 e. The first kappa shape index (κ1) is 17.2. The molecule has 140 valence electrons. The maximum atomic E-state index is 13.0. The van der Waals surface area contributed by atoms with E-state index in [0.29, 0.717) is 17.8 Å². The van der Waals surface area contributed by atoms with Crippen LogP contribution in [0, 0.1) is 0 Å². The van der Waals surface area contributed by atoms with Crippen molar-refractivity contribution in [3.05, 3.63) is 81.0 Å². The molecule has 5 rings (SSSR count). The first-order valence-electron chi connectivity index (χ1n) is 9.62. The first-order chi connectivity index (χ1) is 13.7. The second kappa shape index (κ2) is 6.91. The number of benzene rings is 2. The Morgan fingerprint density at radius 3 is 2.71 bits per heavy atom. The largest absolute Gasteiger partial charge is 0.321 e. The molecule has 0 spiro atoms. The summed E-state index contributed by atoms with van der Waals surface area (Å²) in [5, 5.41) is 2.95. The molecular weight excluding hydrogens is 368 g/mol. The number of fused-ring (bicyclic) bond motifs is 2. The van der Waals surface area contributed by atoms with E-state index < -0.39 is 0 Å². The van der Waals surface area contributed by atoms with Crippen LogP contribution in [0.15, 0.2) is 54.6 Å². The van der Waals surface area contributed by atoms with Gasteiger partial charge in [-0.15, -0.1) is 11.3 Å². The number of para-hydroxylation sites is 1. The van der Waals surface area contributed by atoms with Gasteiger partial charge in [0, 0.05) is 28.4 Å². The number of nitrogens with zero attached hydrogens (tertiary/aromatic N) is 1. The van der Waals surface area contributed by atoms with E-state index in [1.165, 1.54) is 22.4 Å². The van der Waals surface area contributed by atoms with Crippen LogP contribution in [0.25, 0.3) is 0 Å². The molecule has 0 unspecified atom stereocenters. The van der Waals surface area contributed by atoms with Crippen molar-refractivity contribution in [1.29, 1.82) is 0 Å². The molecule has 2 aromatic carbocycles. The van der Waals surface area contributed by atoms with Crippen molar-refractivity contribution in [3.63, 3.8) is 0 Å². The third-order valence-electron chi connectivity index (χ3n) is 5.47. The number of thiophene rings is 1. The topological polar surface area (TPSA) is 49.4 Å². The lowest BCUT2D eigenvalue weighted by Crippen LogP contribution is -2.28. The zero-order valence-electron chi connectivity index (χ0n) is 15.4. The Morgan fingerprint density at radius 1 is 0.929 bits per heavy atom. The van der Waals surface area contributed by atoms with Gasteiger partial charge in [0.05, 0.1) is 4.88 Å². The number of nitrogens with one attached hydrogen (secondary N) is 1. The summed E-state index contributed by atoms with van der Waals surface area (Å²) in [7, 11) is 0. The number of aryl methyl sites for hydroxylation is 2. The molecule has 0 radical (unpaired) electrons. The van der Waals surface area contributed by atoms with Gasteiger partial charge in [0.15, 0.2) is 0 Å². The average molecular weight is 388 g/mol. The summed E-state index contributed by atoms with van der Waals surface area (Å²) >= 11 is 1.59. The highest BCUT2D eigenvalue weighted by molar-refractivity contribution is 7.14. The lowest BCUT2D eigenvalue weighted by molar-refractivity contribution is 0.0987. The average Bonchev–Trinajstić information content (AvgIpc) is 3.42. The third kappa shape index (κ3) is 3.02. The van der Waals surface area contributed by atoms with Crippen LogP contribution < -0.4 is 10.2 Å². The van der Waals surface area contributed by atoms with Crippen LogP contribution in [0.2, 0.25) is 0 Å². The molecule has 4 nitrogen and oxygen atoms in total. The van der Waals surface area contributed by atoms with Crippen LogP contribution in [-0.4, -0.2) is 18.4 Å². The Balaban J connectivity index is 1.35. The predicted octanol–water partition coefficient (Wildman–Crippen LogP) is 4.69. The predicted molar refractivity (Wildman–Crippen MR) is 113 cm³/mol. The molecule has 28 heavy (non-hydrogen) atoms. The summed E-state index contributed by atoms with van der Waals surface area (Å²) in [5.41, 5.74) is 4.73. The van der Waals surface area contributed by atoms with Gasteiger partial charge < -0.3 is 10.2 Å². The van der Waals surface area contributed by atoms with Gasteiger partial charge >= 0.3 is 0 Å². The molecule has 5 heteroatoms.